The van der Waals surface area contributed by atoms with E-state index in [-0.39, 0.29) is 23.4 Å². The molecule has 32 heavy (non-hydrogen) atoms. The molecule has 6 nitrogen and oxygen atoms in total. The maximum Gasteiger partial charge on any atom is 0.431 e. The molecule has 170 valence electrons. The van der Waals surface area contributed by atoms with E-state index in [1.807, 2.05) is 22.5 Å². The van der Waals surface area contributed by atoms with Crippen LogP contribution in [0.4, 0.5) is 23.2 Å². The highest BCUT2D eigenvalue weighted by atomic mass is 32.2. The monoisotopic (exact) mass is 467 g/mol. The van der Waals surface area contributed by atoms with Crippen molar-refractivity contribution < 1.29 is 21.8 Å². The number of hydrogen-bond acceptors (Lipinski definition) is 4. The van der Waals surface area contributed by atoms with Crippen LogP contribution in [0.1, 0.15) is 17.5 Å². The summed E-state index contributed by atoms with van der Waals surface area (Å²) in [5.74, 6) is -0.607. The van der Waals surface area contributed by atoms with Gasteiger partial charge in [0.25, 0.3) is 0 Å². The fourth-order valence-corrected chi connectivity index (χ4v) is 4.77. The van der Waals surface area contributed by atoms with Crippen molar-refractivity contribution in [2.24, 2.45) is 10.2 Å². The first-order valence-corrected chi connectivity index (χ1v) is 11.1. The van der Waals surface area contributed by atoms with E-state index in [0.29, 0.717) is 31.9 Å². The molecular formula is C21H21F4N5OS. The zero-order valence-electron chi connectivity index (χ0n) is 17.0. The Morgan fingerprint density at radius 2 is 1.78 bits per heavy atom. The van der Waals surface area contributed by atoms with Crippen LogP contribution in [-0.4, -0.2) is 52.3 Å². The molecule has 11 heteroatoms. The number of hydrogen-bond donors (Lipinski definition) is 1. The molecule has 0 aliphatic carbocycles. The number of rotatable bonds is 6. The Balaban J connectivity index is 1.54. The third-order valence-electron chi connectivity index (χ3n) is 5.18. The molecule has 0 spiro atoms. The molecule has 2 aromatic carbocycles. The molecule has 0 aromatic heterocycles. The normalized spacial score (nSPS) is 18.2. The molecule has 0 radical (unpaired) electrons. The van der Waals surface area contributed by atoms with Crippen molar-refractivity contribution in [2.45, 2.75) is 19.1 Å². The molecule has 1 unspecified atom stereocenters. The number of alkyl halides is 3. The van der Waals surface area contributed by atoms with Crippen LogP contribution in [0, 0.1) is 5.82 Å². The lowest BCUT2D eigenvalue weighted by Crippen LogP contribution is -2.48. The van der Waals surface area contributed by atoms with Crippen LogP contribution in [0.25, 0.3) is 0 Å². The minimum absolute atomic E-state index is 0.0312. The van der Waals surface area contributed by atoms with Crippen molar-refractivity contribution in [3.05, 3.63) is 65.5 Å². The topological polar surface area (TPSA) is 60.3 Å². The van der Waals surface area contributed by atoms with Gasteiger partial charge < -0.3 is 5.32 Å². The number of anilines is 1. The first-order valence-electron chi connectivity index (χ1n) is 10.0. The summed E-state index contributed by atoms with van der Waals surface area (Å²) >= 11 is -1.53. The second-order valence-electron chi connectivity index (χ2n) is 7.36. The summed E-state index contributed by atoms with van der Waals surface area (Å²) in [6, 6.07) is 13.2. The minimum Gasteiger partial charge on any atom is -0.314 e. The number of nitrogens with zero attached hydrogens (tertiary/aromatic N) is 4. The second-order valence-corrected chi connectivity index (χ2v) is 8.77. The molecule has 1 fully saturated rings. The fourth-order valence-electron chi connectivity index (χ4n) is 3.45. The highest BCUT2D eigenvalue weighted by molar-refractivity contribution is 7.84. The summed E-state index contributed by atoms with van der Waals surface area (Å²) in [7, 11) is 0. The van der Waals surface area contributed by atoms with E-state index in [1.54, 1.807) is 16.4 Å². The van der Waals surface area contributed by atoms with Crippen LogP contribution >= 0.6 is 0 Å². The lowest BCUT2D eigenvalue weighted by Gasteiger charge is -2.32. The molecule has 1 N–H and O–H groups in total. The highest BCUT2D eigenvalue weighted by Gasteiger charge is 2.39. The molecule has 2 aromatic rings. The van der Waals surface area contributed by atoms with Gasteiger partial charge in [-0.05, 0) is 18.2 Å². The third kappa shape index (κ3) is 5.05. The lowest BCUT2D eigenvalue weighted by atomic mass is 10.0. The molecule has 1 atom stereocenters. The minimum atomic E-state index is -4.56. The van der Waals surface area contributed by atoms with E-state index < -0.39 is 35.3 Å². The van der Waals surface area contributed by atoms with E-state index in [4.69, 9.17) is 0 Å². The smallest absolute Gasteiger partial charge is 0.314 e. The molecule has 2 aliphatic rings. The molecule has 4 rings (SSSR count). The molecule has 0 saturated carbocycles. The Kier molecular flexibility index (Phi) is 6.68. The van der Waals surface area contributed by atoms with Gasteiger partial charge in [-0.3, -0.25) is 4.31 Å². The predicted molar refractivity (Wildman–Crippen MR) is 116 cm³/mol. The summed E-state index contributed by atoms with van der Waals surface area (Å²) in [6.07, 6.45) is -5.06. The highest BCUT2D eigenvalue weighted by Crippen LogP contribution is 2.27. The third-order valence-corrected chi connectivity index (χ3v) is 6.71. The largest absolute Gasteiger partial charge is 0.431 e. The van der Waals surface area contributed by atoms with Crippen LogP contribution in [0.2, 0.25) is 0 Å². The Hall–Kier alpha value is -2.63. The zero-order chi connectivity index (χ0) is 22.7. The predicted octanol–water partition coefficient (Wildman–Crippen LogP) is 3.43. The van der Waals surface area contributed by atoms with E-state index >= 15 is 0 Å². The van der Waals surface area contributed by atoms with Crippen LogP contribution in [0.3, 0.4) is 0 Å². The average Bonchev–Trinajstić information content (AvgIpc) is 3.30. The van der Waals surface area contributed by atoms with Gasteiger partial charge in [0, 0.05) is 43.7 Å². The zero-order valence-corrected chi connectivity index (χ0v) is 17.8. The number of halogens is 4. The average molecular weight is 467 g/mol. The van der Waals surface area contributed by atoms with E-state index in [2.05, 4.69) is 15.5 Å². The maximum atomic E-state index is 15.0. The van der Waals surface area contributed by atoms with Crippen molar-refractivity contribution in [3.63, 3.8) is 0 Å². The molecule has 2 aliphatic heterocycles. The summed E-state index contributed by atoms with van der Waals surface area (Å²) in [6.45, 7) is 2.64. The summed E-state index contributed by atoms with van der Waals surface area (Å²) in [4.78, 5) is 0. The van der Waals surface area contributed by atoms with Crippen molar-refractivity contribution in [1.29, 1.82) is 0 Å². The summed E-state index contributed by atoms with van der Waals surface area (Å²) < 4.78 is 70.1. The number of nitrogens with one attached hydrogen (secondary N) is 1. The van der Waals surface area contributed by atoms with Gasteiger partial charge in [-0.1, -0.05) is 30.3 Å². The molecular weight excluding hydrogens is 446 g/mol. The Bertz CT molecular complexity index is 1050. The van der Waals surface area contributed by atoms with E-state index in [0.717, 1.165) is 6.07 Å². The SMILES string of the molecule is O=S(N1CCNCC1)N(Cc1ccc(C2=NN=C(C(F)(F)F)C2)cc1F)c1ccccc1. The van der Waals surface area contributed by atoms with Crippen LogP contribution in [0.5, 0.6) is 0 Å². The van der Waals surface area contributed by atoms with Gasteiger partial charge in [0.05, 0.1) is 17.9 Å². The van der Waals surface area contributed by atoms with Gasteiger partial charge in [0.1, 0.15) is 11.5 Å². The van der Waals surface area contributed by atoms with Crippen LogP contribution in [-0.2, 0) is 17.7 Å². The Labute approximate surface area is 185 Å². The van der Waals surface area contributed by atoms with Crippen molar-refractivity contribution >= 4 is 28.3 Å². The van der Waals surface area contributed by atoms with E-state index in [9.17, 15) is 21.8 Å². The van der Waals surface area contributed by atoms with E-state index in [1.165, 1.54) is 12.1 Å². The molecule has 0 bridgehead atoms. The van der Waals surface area contributed by atoms with Gasteiger partial charge in [-0.15, -0.1) is 5.10 Å². The van der Waals surface area contributed by atoms with Crippen LogP contribution in [0.15, 0.2) is 58.7 Å². The molecule has 2 heterocycles. The standard InChI is InChI=1S/C21H21F4N5OS/c22-18-12-15(19-13-20(28-27-19)21(23,24)25)6-7-16(18)14-30(17-4-2-1-3-5-17)32(31)29-10-8-26-9-11-29/h1-7,12,26H,8-11,13-14H2. The molecule has 1 saturated heterocycles. The summed E-state index contributed by atoms with van der Waals surface area (Å²) in [5.41, 5.74) is 0.252. The van der Waals surface area contributed by atoms with Crippen LogP contribution < -0.4 is 9.62 Å². The Morgan fingerprint density at radius 1 is 1.06 bits per heavy atom. The van der Waals surface area contributed by atoms with Crippen molar-refractivity contribution in [2.75, 3.05) is 30.5 Å². The number of piperazine rings is 1. The van der Waals surface area contributed by atoms with Crippen molar-refractivity contribution in [1.82, 2.24) is 9.62 Å². The maximum absolute atomic E-state index is 15.0. The lowest BCUT2D eigenvalue weighted by molar-refractivity contribution is -0.0596. The Morgan fingerprint density at radius 3 is 2.41 bits per heavy atom. The van der Waals surface area contributed by atoms with Gasteiger partial charge in [-0.25, -0.2) is 12.9 Å². The number of benzene rings is 2. The quantitative estimate of drug-likeness (QED) is 0.662. The van der Waals surface area contributed by atoms with Gasteiger partial charge >= 0.3 is 6.18 Å². The number of para-hydroxylation sites is 1. The first kappa shape index (κ1) is 22.6. The summed E-state index contributed by atoms with van der Waals surface area (Å²) in [5, 5.41) is 9.95. The van der Waals surface area contributed by atoms with Gasteiger partial charge in [0.2, 0.25) is 0 Å². The van der Waals surface area contributed by atoms with Gasteiger partial charge in [0.15, 0.2) is 11.2 Å². The van der Waals surface area contributed by atoms with Crippen molar-refractivity contribution in [3.8, 4) is 0 Å². The molecule has 0 amide bonds. The fraction of sp³-hybridized carbons (Fsp3) is 0.333. The second kappa shape index (κ2) is 9.47. The first-order chi connectivity index (χ1) is 15.3. The van der Waals surface area contributed by atoms with Gasteiger partial charge in [-0.2, -0.15) is 18.3 Å².